The van der Waals surface area contributed by atoms with Gasteiger partial charge in [0.25, 0.3) is 0 Å². The minimum atomic E-state index is -0.821. The fourth-order valence-electron chi connectivity index (χ4n) is 5.62. The Morgan fingerprint density at radius 2 is 0.683 bits per heavy atom. The van der Waals surface area contributed by atoms with Crippen LogP contribution in [-0.2, 0) is 14.4 Å². The third-order valence-corrected chi connectivity index (χ3v) is 9.11. The summed E-state index contributed by atoms with van der Waals surface area (Å²) >= 11 is 0. The van der Waals surface area contributed by atoms with Gasteiger partial charge >= 0.3 is 17.9 Å². The zero-order valence-corrected chi connectivity index (χ0v) is 27.2. The van der Waals surface area contributed by atoms with Crippen molar-refractivity contribution in [2.24, 2.45) is 17.8 Å². The first kappa shape index (κ1) is 39.4. The Morgan fingerprint density at radius 3 is 0.927 bits per heavy atom. The van der Waals surface area contributed by atoms with Gasteiger partial charge in [0.1, 0.15) is 0 Å². The Balaban J connectivity index is 4.52. The van der Waals surface area contributed by atoms with Gasteiger partial charge in [-0.1, -0.05) is 124 Å². The van der Waals surface area contributed by atoms with Crippen LogP contribution in [0.1, 0.15) is 156 Å². The van der Waals surface area contributed by atoms with Crippen LogP contribution in [0.25, 0.3) is 0 Å². The highest BCUT2D eigenvalue weighted by molar-refractivity contribution is 5.70. The zero-order chi connectivity index (χ0) is 30.9. The highest BCUT2D eigenvalue weighted by Gasteiger charge is 2.31. The number of rotatable bonds is 30. The van der Waals surface area contributed by atoms with Crippen LogP contribution in [-0.4, -0.2) is 63.9 Å². The Hall–Kier alpha value is -1.63. The molecule has 0 aromatic heterocycles. The lowest BCUT2D eigenvalue weighted by molar-refractivity contribution is -0.929. The average Bonchev–Trinajstić information content (AvgIpc) is 2.94. The van der Waals surface area contributed by atoms with Gasteiger partial charge in [-0.2, -0.15) is 0 Å². The van der Waals surface area contributed by atoms with Crippen molar-refractivity contribution in [3.05, 3.63) is 0 Å². The molecule has 0 aliphatic rings. The predicted octanol–water partition coefficient (Wildman–Crippen LogP) is 8.79. The van der Waals surface area contributed by atoms with Gasteiger partial charge in [-0.05, 0) is 12.8 Å². The van der Waals surface area contributed by atoms with E-state index < -0.39 is 35.7 Å². The predicted molar refractivity (Wildman–Crippen MR) is 168 cm³/mol. The molecule has 0 saturated carbocycles. The molecule has 3 atom stereocenters. The molecule has 0 aliphatic heterocycles. The number of carbonyl (C=O) groups is 3. The van der Waals surface area contributed by atoms with Crippen molar-refractivity contribution in [3.63, 3.8) is 0 Å². The van der Waals surface area contributed by atoms with Gasteiger partial charge in [-0.25, -0.2) is 0 Å². The molecule has 242 valence electrons. The molecule has 0 heterocycles. The van der Waals surface area contributed by atoms with Crippen LogP contribution in [0.5, 0.6) is 0 Å². The van der Waals surface area contributed by atoms with Crippen LogP contribution < -0.4 is 0 Å². The Bertz CT molecular complexity index is 622. The number of hydrogen-bond acceptors (Lipinski definition) is 3. The second-order valence-corrected chi connectivity index (χ2v) is 13.0. The highest BCUT2D eigenvalue weighted by Crippen LogP contribution is 2.22. The summed E-state index contributed by atoms with van der Waals surface area (Å²) in [6.07, 6.45) is 23.8. The van der Waals surface area contributed by atoms with E-state index in [2.05, 4.69) is 6.92 Å². The van der Waals surface area contributed by atoms with Crippen molar-refractivity contribution in [2.45, 2.75) is 156 Å². The van der Waals surface area contributed by atoms with Crippen LogP contribution in [0.2, 0.25) is 0 Å². The lowest BCUT2D eigenvalue weighted by Gasteiger charge is -2.40. The first-order chi connectivity index (χ1) is 19.5. The maximum absolute atomic E-state index is 11.5. The summed E-state index contributed by atoms with van der Waals surface area (Å²) in [4.78, 5) is 34.5. The lowest BCUT2D eigenvalue weighted by Crippen LogP contribution is -2.52. The van der Waals surface area contributed by atoms with E-state index in [-0.39, 0.29) is 0 Å². The first-order valence-corrected chi connectivity index (χ1v) is 17.1. The largest absolute Gasteiger partial charge is 0.481 e. The smallest absolute Gasteiger partial charge is 0.306 e. The molecule has 41 heavy (non-hydrogen) atoms. The highest BCUT2D eigenvalue weighted by atomic mass is 16.4. The number of hydrogen-bond donors (Lipinski definition) is 3. The van der Waals surface area contributed by atoms with Gasteiger partial charge in [-0.3, -0.25) is 14.4 Å². The molecule has 0 spiro atoms. The maximum Gasteiger partial charge on any atom is 0.306 e. The third-order valence-electron chi connectivity index (χ3n) is 9.11. The standard InChI is InChI=1S/C34H65NO6/c1-5-6-7-8-9-10-11-12-13-14-15-16-17-18-19-20-21-25-35(26-22-29(2)32(36)37,27-23-30(3)33(38)39)28-24-31(4)34(40)41/h29-31H,5-28H2,1-4H3,(H2-,36,37,38,39,40,41)/p+1. The molecule has 3 N–H and O–H groups in total. The van der Waals surface area contributed by atoms with Crippen LogP contribution in [0, 0.1) is 17.8 Å². The van der Waals surface area contributed by atoms with Crippen molar-refractivity contribution in [3.8, 4) is 0 Å². The van der Waals surface area contributed by atoms with Crippen LogP contribution in [0.15, 0.2) is 0 Å². The molecule has 7 heteroatoms. The van der Waals surface area contributed by atoms with Crippen molar-refractivity contribution in [1.29, 1.82) is 0 Å². The minimum absolute atomic E-state index is 0.475. The van der Waals surface area contributed by atoms with E-state index in [4.69, 9.17) is 0 Å². The number of quaternary nitrogens is 1. The van der Waals surface area contributed by atoms with E-state index >= 15 is 0 Å². The first-order valence-electron chi connectivity index (χ1n) is 17.1. The normalized spacial score (nSPS) is 15.2. The SMILES string of the molecule is CCCCCCCCCCCCCCCCCCC[N+](CCC(C)C(=O)O)(CCC(C)C(=O)O)CCC(C)C(=O)O. The summed E-state index contributed by atoms with van der Waals surface area (Å²) in [6, 6.07) is 0. The fraction of sp³-hybridized carbons (Fsp3) is 0.912. The molecule has 0 aliphatic carbocycles. The molecule has 0 aromatic rings. The number of carboxylic acid groups (broad SMARTS) is 3. The van der Waals surface area contributed by atoms with E-state index in [1.54, 1.807) is 20.8 Å². The monoisotopic (exact) mass is 584 g/mol. The lowest BCUT2D eigenvalue weighted by atomic mass is 10.0. The van der Waals surface area contributed by atoms with Gasteiger partial charge in [0.05, 0.1) is 43.9 Å². The number of unbranched alkanes of at least 4 members (excludes halogenated alkanes) is 16. The Morgan fingerprint density at radius 1 is 0.439 bits per heavy atom. The fourth-order valence-corrected chi connectivity index (χ4v) is 5.62. The average molecular weight is 585 g/mol. The van der Waals surface area contributed by atoms with Gasteiger partial charge in [0, 0.05) is 19.3 Å². The third kappa shape index (κ3) is 21.7. The van der Waals surface area contributed by atoms with Gasteiger partial charge in [0.15, 0.2) is 0 Å². The minimum Gasteiger partial charge on any atom is -0.481 e. The summed E-state index contributed by atoms with van der Waals surface area (Å²) in [5.74, 6) is -3.89. The summed E-state index contributed by atoms with van der Waals surface area (Å²) in [5.41, 5.74) is 0. The van der Waals surface area contributed by atoms with Gasteiger partial charge in [-0.15, -0.1) is 0 Å². The molecular weight excluding hydrogens is 518 g/mol. The van der Waals surface area contributed by atoms with Crippen molar-refractivity contribution >= 4 is 17.9 Å². The van der Waals surface area contributed by atoms with Crippen LogP contribution in [0.3, 0.4) is 0 Å². The quantitative estimate of drug-likeness (QED) is 0.0574. The van der Waals surface area contributed by atoms with E-state index in [1.807, 2.05) is 0 Å². The zero-order valence-electron chi connectivity index (χ0n) is 27.2. The molecule has 0 fully saturated rings. The number of aliphatic carboxylic acids is 3. The molecule has 0 rings (SSSR count). The van der Waals surface area contributed by atoms with Gasteiger partial charge < -0.3 is 19.8 Å². The van der Waals surface area contributed by atoms with E-state index in [0.29, 0.717) is 43.4 Å². The number of nitrogens with zero attached hydrogens (tertiary/aromatic N) is 1. The molecule has 7 nitrogen and oxygen atoms in total. The number of carboxylic acids is 3. The molecule has 3 unspecified atom stereocenters. The topological polar surface area (TPSA) is 112 Å². The molecule has 0 amide bonds. The Kier molecular flexibility index (Phi) is 23.9. The molecule has 0 aromatic carbocycles. The van der Waals surface area contributed by atoms with Crippen molar-refractivity contribution in [1.82, 2.24) is 0 Å². The second-order valence-electron chi connectivity index (χ2n) is 13.0. The van der Waals surface area contributed by atoms with Gasteiger partial charge in [0.2, 0.25) is 0 Å². The van der Waals surface area contributed by atoms with E-state index in [0.717, 1.165) is 19.4 Å². The molecular formula is C34H66NO6+. The Labute approximate surface area is 252 Å². The van der Waals surface area contributed by atoms with Crippen LogP contribution >= 0.6 is 0 Å². The molecule has 0 saturated heterocycles. The second kappa shape index (κ2) is 24.9. The summed E-state index contributed by atoms with van der Waals surface area (Å²) < 4.78 is 0.617. The van der Waals surface area contributed by atoms with E-state index in [1.165, 1.54) is 96.3 Å². The summed E-state index contributed by atoms with van der Waals surface area (Å²) in [7, 11) is 0. The van der Waals surface area contributed by atoms with Crippen molar-refractivity contribution in [2.75, 3.05) is 26.2 Å². The molecule has 0 radical (unpaired) electrons. The van der Waals surface area contributed by atoms with Crippen molar-refractivity contribution < 1.29 is 34.2 Å². The summed E-state index contributed by atoms with van der Waals surface area (Å²) in [5, 5.41) is 28.3. The maximum atomic E-state index is 11.5. The van der Waals surface area contributed by atoms with E-state index in [9.17, 15) is 29.7 Å². The van der Waals surface area contributed by atoms with Crippen LogP contribution in [0.4, 0.5) is 0 Å². The summed E-state index contributed by atoms with van der Waals surface area (Å²) in [6.45, 7) is 10.2. The molecule has 0 bridgehead atoms.